The third-order valence-corrected chi connectivity index (χ3v) is 9.87. The van der Waals surface area contributed by atoms with Crippen molar-refractivity contribution < 1.29 is 0 Å². The fraction of sp³-hybridized carbons (Fsp3) is 0. The average molecular weight is 585 g/mol. The Morgan fingerprint density at radius 1 is 0.558 bits per heavy atom. The lowest BCUT2D eigenvalue weighted by Crippen LogP contribution is -1.94. The van der Waals surface area contributed by atoms with E-state index in [1.807, 2.05) is 54.6 Å². The van der Waals surface area contributed by atoms with Crippen LogP contribution in [0.25, 0.3) is 69.1 Å². The van der Waals surface area contributed by atoms with Crippen LogP contribution in [0.2, 0.25) is 0 Å². The molecule has 8 rings (SSSR count). The third-order valence-electron chi connectivity index (χ3n) is 7.56. The van der Waals surface area contributed by atoms with Gasteiger partial charge in [-0.2, -0.15) is 15.8 Å². The summed E-state index contributed by atoms with van der Waals surface area (Å²) in [5.74, 6) is 0. The van der Waals surface area contributed by atoms with Crippen LogP contribution in [0.15, 0.2) is 97.1 Å². The minimum absolute atomic E-state index is 0.589. The standard InChI is InChI=1S/C35H16N6S2/c36-17-20-4-1-7-25(14-20)41-30-12-10-21(34-39-28-8-2-5-23(18-37)32(28)42-34)15-26(30)27-16-22(11-13-31(27)41)35-40-29-9-3-6-24(19-38)33(29)43-35/h1-16H. The van der Waals surface area contributed by atoms with E-state index in [-0.39, 0.29) is 0 Å². The van der Waals surface area contributed by atoms with Crippen molar-refractivity contribution in [1.29, 1.82) is 15.8 Å². The molecule has 3 heterocycles. The zero-order valence-electron chi connectivity index (χ0n) is 22.2. The van der Waals surface area contributed by atoms with Crippen molar-refractivity contribution in [1.82, 2.24) is 14.5 Å². The normalized spacial score (nSPS) is 11.2. The number of aromatic nitrogens is 3. The van der Waals surface area contributed by atoms with E-state index in [1.165, 1.54) is 22.7 Å². The third kappa shape index (κ3) is 3.89. The molecule has 8 heteroatoms. The highest BCUT2D eigenvalue weighted by Gasteiger charge is 2.18. The Bertz CT molecular complexity index is 2420. The van der Waals surface area contributed by atoms with Gasteiger partial charge in [0, 0.05) is 27.6 Å². The summed E-state index contributed by atoms with van der Waals surface area (Å²) < 4.78 is 3.94. The van der Waals surface area contributed by atoms with Crippen LogP contribution in [-0.2, 0) is 0 Å². The lowest BCUT2D eigenvalue weighted by Gasteiger charge is -2.08. The number of hydrogen-bond donors (Lipinski definition) is 0. The minimum Gasteiger partial charge on any atom is -0.309 e. The number of fused-ring (bicyclic) bond motifs is 5. The highest BCUT2D eigenvalue weighted by Crippen LogP contribution is 2.40. The second-order valence-electron chi connectivity index (χ2n) is 10.0. The van der Waals surface area contributed by atoms with Gasteiger partial charge in [0.2, 0.25) is 0 Å². The van der Waals surface area contributed by atoms with Gasteiger partial charge in [-0.25, -0.2) is 9.97 Å². The predicted molar refractivity (Wildman–Crippen MR) is 172 cm³/mol. The van der Waals surface area contributed by atoms with Gasteiger partial charge in [-0.15, -0.1) is 22.7 Å². The Morgan fingerprint density at radius 3 is 1.60 bits per heavy atom. The molecule has 0 unspecified atom stereocenters. The molecule has 0 aliphatic heterocycles. The molecule has 0 N–H and O–H groups in total. The van der Waals surface area contributed by atoms with E-state index in [0.717, 1.165) is 69.1 Å². The summed E-state index contributed by atoms with van der Waals surface area (Å²) in [4.78, 5) is 9.72. The van der Waals surface area contributed by atoms with Gasteiger partial charge in [0.05, 0.1) is 54.2 Å². The topological polar surface area (TPSA) is 102 Å². The largest absolute Gasteiger partial charge is 0.309 e. The summed E-state index contributed by atoms with van der Waals surface area (Å²) in [5, 5.41) is 32.6. The zero-order chi connectivity index (χ0) is 29.1. The summed E-state index contributed by atoms with van der Waals surface area (Å²) in [6.07, 6.45) is 0. The van der Waals surface area contributed by atoms with Crippen LogP contribution < -0.4 is 0 Å². The molecule has 198 valence electrons. The molecule has 0 saturated carbocycles. The fourth-order valence-electron chi connectivity index (χ4n) is 5.60. The Morgan fingerprint density at radius 2 is 1.09 bits per heavy atom. The molecule has 0 aliphatic carbocycles. The Balaban J connectivity index is 1.39. The molecule has 6 nitrogen and oxygen atoms in total. The number of nitrogens with zero attached hydrogens (tertiary/aromatic N) is 6. The first kappa shape index (κ1) is 24.9. The van der Waals surface area contributed by atoms with E-state index in [9.17, 15) is 15.8 Å². The Hall–Kier alpha value is -5.85. The van der Waals surface area contributed by atoms with E-state index >= 15 is 0 Å². The zero-order valence-corrected chi connectivity index (χ0v) is 23.9. The fourth-order valence-corrected chi connectivity index (χ4v) is 7.65. The molecule has 0 radical (unpaired) electrons. The van der Waals surface area contributed by atoms with Gasteiger partial charge in [-0.1, -0.05) is 18.2 Å². The molecule has 8 aromatic rings. The van der Waals surface area contributed by atoms with Crippen molar-refractivity contribution in [3.8, 4) is 45.0 Å². The van der Waals surface area contributed by atoms with Crippen LogP contribution in [0.4, 0.5) is 0 Å². The molecule has 5 aromatic carbocycles. The molecule has 0 fully saturated rings. The smallest absolute Gasteiger partial charge is 0.124 e. The minimum atomic E-state index is 0.589. The average Bonchev–Trinajstić information content (AvgIpc) is 3.77. The van der Waals surface area contributed by atoms with E-state index in [1.54, 1.807) is 6.07 Å². The molecule has 0 atom stereocenters. The number of rotatable bonds is 3. The van der Waals surface area contributed by atoms with Crippen LogP contribution in [0.5, 0.6) is 0 Å². The summed E-state index contributed by atoms with van der Waals surface area (Å²) in [5.41, 5.74) is 8.28. The Labute approximate surface area is 253 Å². The molecule has 0 saturated heterocycles. The SMILES string of the molecule is N#Cc1cccc(-n2c3ccc(-c4nc5cccc(C#N)c5s4)cc3c3cc(-c4nc5cccc(C#N)c5s4)ccc32)c1. The summed E-state index contributed by atoms with van der Waals surface area (Å²) >= 11 is 3.04. The first-order chi connectivity index (χ1) is 21.1. The van der Waals surface area contributed by atoms with Crippen molar-refractivity contribution >= 4 is 64.9 Å². The maximum absolute atomic E-state index is 9.60. The highest BCUT2D eigenvalue weighted by atomic mass is 32.1. The van der Waals surface area contributed by atoms with Gasteiger partial charge in [-0.3, -0.25) is 0 Å². The lowest BCUT2D eigenvalue weighted by atomic mass is 10.1. The number of nitriles is 3. The van der Waals surface area contributed by atoms with Crippen molar-refractivity contribution in [2.45, 2.75) is 0 Å². The second kappa shape index (κ2) is 9.62. The maximum Gasteiger partial charge on any atom is 0.124 e. The summed E-state index contributed by atoms with van der Waals surface area (Å²) in [6.45, 7) is 0. The van der Waals surface area contributed by atoms with Crippen LogP contribution in [0, 0.1) is 34.0 Å². The summed E-state index contributed by atoms with van der Waals surface area (Å²) in [7, 11) is 0. The van der Waals surface area contributed by atoms with Crippen molar-refractivity contribution in [3.05, 3.63) is 114 Å². The number of benzene rings is 5. The number of thiazole rings is 2. The van der Waals surface area contributed by atoms with Gasteiger partial charge in [0.1, 0.15) is 22.2 Å². The first-order valence-corrected chi connectivity index (χ1v) is 15.0. The van der Waals surface area contributed by atoms with Gasteiger partial charge in [0.15, 0.2) is 0 Å². The van der Waals surface area contributed by atoms with Crippen molar-refractivity contribution in [2.75, 3.05) is 0 Å². The van der Waals surface area contributed by atoms with E-state index in [0.29, 0.717) is 16.7 Å². The van der Waals surface area contributed by atoms with Crippen molar-refractivity contribution in [2.24, 2.45) is 0 Å². The summed E-state index contributed by atoms with van der Waals surface area (Å²) in [6, 6.07) is 38.3. The molecular formula is C35H16N6S2. The first-order valence-electron chi connectivity index (χ1n) is 13.3. The quantitative estimate of drug-likeness (QED) is 0.206. The van der Waals surface area contributed by atoms with Crippen LogP contribution in [-0.4, -0.2) is 14.5 Å². The van der Waals surface area contributed by atoms with Crippen LogP contribution in [0.3, 0.4) is 0 Å². The number of hydrogen-bond acceptors (Lipinski definition) is 7. The Kier molecular flexibility index (Phi) is 5.57. The maximum atomic E-state index is 9.60. The molecular weight excluding hydrogens is 569 g/mol. The van der Waals surface area contributed by atoms with Gasteiger partial charge < -0.3 is 4.57 Å². The lowest BCUT2D eigenvalue weighted by molar-refractivity contribution is 1.18. The van der Waals surface area contributed by atoms with Gasteiger partial charge in [0.25, 0.3) is 0 Å². The van der Waals surface area contributed by atoms with Crippen LogP contribution in [0.1, 0.15) is 16.7 Å². The monoisotopic (exact) mass is 584 g/mol. The van der Waals surface area contributed by atoms with Crippen molar-refractivity contribution in [3.63, 3.8) is 0 Å². The van der Waals surface area contributed by atoms with E-state index in [2.05, 4.69) is 59.2 Å². The molecule has 0 bridgehead atoms. The molecule has 0 spiro atoms. The van der Waals surface area contributed by atoms with E-state index in [4.69, 9.17) is 9.97 Å². The second-order valence-corrected chi connectivity index (χ2v) is 12.0. The molecule has 0 aliphatic rings. The highest BCUT2D eigenvalue weighted by molar-refractivity contribution is 7.22. The molecule has 3 aromatic heterocycles. The van der Waals surface area contributed by atoms with Gasteiger partial charge in [-0.05, 0) is 78.9 Å². The molecule has 0 amide bonds. The molecule has 43 heavy (non-hydrogen) atoms. The van der Waals surface area contributed by atoms with Crippen LogP contribution >= 0.6 is 22.7 Å². The van der Waals surface area contributed by atoms with Gasteiger partial charge >= 0.3 is 0 Å². The predicted octanol–water partition coefficient (Wildman–Crippen LogP) is 8.95. The van der Waals surface area contributed by atoms with E-state index < -0.39 is 0 Å².